The van der Waals surface area contributed by atoms with Gasteiger partial charge in [-0.1, -0.05) is 0 Å². The van der Waals surface area contributed by atoms with E-state index >= 15 is 0 Å². The molecule has 130 valence electrons. The summed E-state index contributed by atoms with van der Waals surface area (Å²) in [6.45, 7) is 1.42. The minimum atomic E-state index is -1.19. The molecule has 1 aliphatic heterocycles. The van der Waals surface area contributed by atoms with Gasteiger partial charge in [-0.05, 0) is 25.7 Å². The van der Waals surface area contributed by atoms with Crippen molar-refractivity contribution < 1.29 is 29.0 Å². The van der Waals surface area contributed by atoms with Crippen molar-refractivity contribution in [3.05, 3.63) is 0 Å². The third-order valence-corrected chi connectivity index (χ3v) is 3.77. The summed E-state index contributed by atoms with van der Waals surface area (Å²) in [4.78, 5) is 47.6. The maximum absolute atomic E-state index is 12.0. The number of piperidine rings is 1. The number of carbonyl (C=O) groups is 4. The third-order valence-electron chi connectivity index (χ3n) is 3.77. The van der Waals surface area contributed by atoms with Gasteiger partial charge in [0.05, 0.1) is 13.5 Å². The molecule has 0 saturated carbocycles. The highest BCUT2D eigenvalue weighted by molar-refractivity contribution is 5.86. The molecule has 0 aromatic rings. The van der Waals surface area contributed by atoms with Gasteiger partial charge < -0.3 is 20.1 Å². The molecule has 1 heterocycles. The van der Waals surface area contributed by atoms with Crippen molar-refractivity contribution in [2.75, 3.05) is 20.2 Å². The van der Waals surface area contributed by atoms with Crippen LogP contribution in [0.4, 0.5) is 0 Å². The van der Waals surface area contributed by atoms with E-state index < -0.39 is 23.9 Å². The van der Waals surface area contributed by atoms with E-state index in [2.05, 4.69) is 10.1 Å². The second-order valence-electron chi connectivity index (χ2n) is 5.51. The zero-order valence-corrected chi connectivity index (χ0v) is 13.4. The average Bonchev–Trinajstić information content (AvgIpc) is 2.56. The number of nitrogens with zero attached hydrogens (tertiary/aromatic N) is 1. The van der Waals surface area contributed by atoms with Crippen LogP contribution in [0.15, 0.2) is 0 Å². The lowest BCUT2D eigenvalue weighted by Gasteiger charge is -2.27. The Balaban J connectivity index is 2.39. The fourth-order valence-electron chi connectivity index (χ4n) is 2.41. The number of carboxylic acids is 1. The van der Waals surface area contributed by atoms with Crippen molar-refractivity contribution in [3.8, 4) is 0 Å². The second kappa shape index (κ2) is 9.81. The van der Waals surface area contributed by atoms with Gasteiger partial charge in [-0.25, -0.2) is 4.79 Å². The molecule has 8 nitrogen and oxygen atoms in total. The smallest absolute Gasteiger partial charge is 0.326 e. The van der Waals surface area contributed by atoms with E-state index in [0.29, 0.717) is 13.1 Å². The molecule has 2 amide bonds. The van der Waals surface area contributed by atoms with Crippen molar-refractivity contribution in [1.82, 2.24) is 10.2 Å². The Morgan fingerprint density at radius 1 is 1.09 bits per heavy atom. The summed E-state index contributed by atoms with van der Waals surface area (Å²) in [6, 6.07) is -1.13. The maximum atomic E-state index is 12.0. The van der Waals surface area contributed by atoms with Gasteiger partial charge >= 0.3 is 11.9 Å². The van der Waals surface area contributed by atoms with Crippen molar-refractivity contribution in [2.45, 2.75) is 51.0 Å². The lowest BCUT2D eigenvalue weighted by atomic mass is 10.1. The lowest BCUT2D eigenvalue weighted by Crippen LogP contribution is -2.42. The quantitative estimate of drug-likeness (QED) is 0.620. The minimum absolute atomic E-state index is 0.0363. The van der Waals surface area contributed by atoms with Gasteiger partial charge in [-0.15, -0.1) is 0 Å². The normalized spacial score (nSPS) is 15.6. The summed E-state index contributed by atoms with van der Waals surface area (Å²) < 4.78 is 4.41. The number of likely N-dealkylation sites (tertiary alicyclic amines) is 1. The van der Waals surface area contributed by atoms with Crippen LogP contribution in [0.25, 0.3) is 0 Å². The Bertz CT molecular complexity index is 445. The predicted octanol–water partition coefficient (Wildman–Crippen LogP) is 0.302. The Labute approximate surface area is 135 Å². The number of nitrogens with one attached hydrogen (secondary N) is 1. The molecule has 0 radical (unpaired) electrons. The molecule has 1 saturated heterocycles. The molecule has 1 aliphatic rings. The molecule has 0 aliphatic carbocycles. The van der Waals surface area contributed by atoms with Crippen LogP contribution in [0.5, 0.6) is 0 Å². The fourth-order valence-corrected chi connectivity index (χ4v) is 2.41. The SMILES string of the molecule is COC(=O)CCC(=O)N[C@H](CCC(=O)N1CCCCC1)C(=O)O. The fraction of sp³-hybridized carbons (Fsp3) is 0.733. The molecule has 0 bridgehead atoms. The number of carboxylic acid groups (broad SMARTS) is 1. The highest BCUT2D eigenvalue weighted by atomic mass is 16.5. The van der Waals surface area contributed by atoms with E-state index in [1.807, 2.05) is 0 Å². The van der Waals surface area contributed by atoms with Crippen LogP contribution in [-0.4, -0.2) is 60.0 Å². The molecule has 0 unspecified atom stereocenters. The average molecular weight is 328 g/mol. The number of hydrogen-bond donors (Lipinski definition) is 2. The summed E-state index contributed by atoms with van der Waals surface area (Å²) in [6.07, 6.45) is 2.91. The van der Waals surface area contributed by atoms with E-state index in [1.165, 1.54) is 7.11 Å². The van der Waals surface area contributed by atoms with Crippen molar-refractivity contribution in [2.24, 2.45) is 0 Å². The first-order valence-corrected chi connectivity index (χ1v) is 7.80. The Morgan fingerprint density at radius 2 is 1.74 bits per heavy atom. The first kappa shape index (κ1) is 18.9. The first-order chi connectivity index (χ1) is 10.9. The van der Waals surface area contributed by atoms with Crippen LogP contribution >= 0.6 is 0 Å². The molecular formula is C15H24N2O6. The Morgan fingerprint density at radius 3 is 2.30 bits per heavy atom. The summed E-state index contributed by atoms with van der Waals surface area (Å²) in [7, 11) is 1.21. The number of esters is 1. The van der Waals surface area contributed by atoms with Crippen LogP contribution in [0.2, 0.25) is 0 Å². The van der Waals surface area contributed by atoms with Crippen LogP contribution in [-0.2, 0) is 23.9 Å². The maximum Gasteiger partial charge on any atom is 0.326 e. The van der Waals surface area contributed by atoms with Crippen molar-refractivity contribution in [3.63, 3.8) is 0 Å². The molecule has 2 N–H and O–H groups in total. The molecule has 1 atom stereocenters. The Hall–Kier alpha value is -2.12. The molecule has 1 rings (SSSR count). The highest BCUT2D eigenvalue weighted by Crippen LogP contribution is 2.11. The van der Waals surface area contributed by atoms with Crippen molar-refractivity contribution >= 4 is 23.8 Å². The van der Waals surface area contributed by atoms with Crippen LogP contribution < -0.4 is 5.32 Å². The predicted molar refractivity (Wildman–Crippen MR) is 80.5 cm³/mol. The first-order valence-electron chi connectivity index (χ1n) is 7.80. The largest absolute Gasteiger partial charge is 0.480 e. The number of hydrogen-bond acceptors (Lipinski definition) is 5. The molecule has 0 aromatic carbocycles. The Kier molecular flexibility index (Phi) is 8.07. The number of rotatable bonds is 8. The molecule has 1 fully saturated rings. The number of ether oxygens (including phenoxy) is 1. The van der Waals surface area contributed by atoms with Gasteiger partial charge in [0.1, 0.15) is 6.04 Å². The van der Waals surface area contributed by atoms with E-state index in [9.17, 15) is 19.2 Å². The number of aliphatic carboxylic acids is 1. The summed E-state index contributed by atoms with van der Waals surface area (Å²) in [5.41, 5.74) is 0. The van der Waals surface area contributed by atoms with Gasteiger partial charge in [0, 0.05) is 25.9 Å². The van der Waals surface area contributed by atoms with E-state index in [4.69, 9.17) is 5.11 Å². The third kappa shape index (κ3) is 7.12. The zero-order chi connectivity index (χ0) is 17.2. The highest BCUT2D eigenvalue weighted by Gasteiger charge is 2.23. The molecule has 23 heavy (non-hydrogen) atoms. The monoisotopic (exact) mass is 328 g/mol. The molecule has 0 aromatic heterocycles. The zero-order valence-electron chi connectivity index (χ0n) is 13.4. The molecular weight excluding hydrogens is 304 g/mol. The minimum Gasteiger partial charge on any atom is -0.480 e. The topological polar surface area (TPSA) is 113 Å². The van der Waals surface area contributed by atoms with E-state index in [0.717, 1.165) is 19.3 Å². The molecule has 8 heteroatoms. The second-order valence-corrected chi connectivity index (χ2v) is 5.51. The number of methoxy groups -OCH3 is 1. The number of amides is 2. The number of carbonyl (C=O) groups excluding carboxylic acids is 3. The van der Waals surface area contributed by atoms with Crippen LogP contribution in [0.3, 0.4) is 0 Å². The van der Waals surface area contributed by atoms with Crippen molar-refractivity contribution in [1.29, 1.82) is 0 Å². The summed E-state index contributed by atoms with van der Waals surface area (Å²) >= 11 is 0. The van der Waals surface area contributed by atoms with Gasteiger partial charge in [-0.3, -0.25) is 14.4 Å². The standard InChI is InChI=1S/C15H24N2O6/c1-23-14(20)8-6-12(18)16-11(15(21)22)5-7-13(19)17-9-3-2-4-10-17/h11H,2-10H2,1H3,(H,16,18)(H,21,22)/t11-/m1/s1. The molecule has 0 spiro atoms. The van der Waals surface area contributed by atoms with E-state index in [1.54, 1.807) is 4.90 Å². The van der Waals surface area contributed by atoms with Gasteiger partial charge in [0.2, 0.25) is 11.8 Å². The van der Waals surface area contributed by atoms with Crippen LogP contribution in [0.1, 0.15) is 44.9 Å². The van der Waals surface area contributed by atoms with E-state index in [-0.39, 0.29) is 31.6 Å². The van der Waals surface area contributed by atoms with Gasteiger partial charge in [0.15, 0.2) is 0 Å². The van der Waals surface area contributed by atoms with Gasteiger partial charge in [0.25, 0.3) is 0 Å². The summed E-state index contributed by atoms with van der Waals surface area (Å²) in [5.74, 6) is -2.36. The summed E-state index contributed by atoms with van der Waals surface area (Å²) in [5, 5.41) is 11.5. The van der Waals surface area contributed by atoms with Crippen LogP contribution in [0, 0.1) is 0 Å². The lowest BCUT2D eigenvalue weighted by molar-refractivity contribution is -0.143. The van der Waals surface area contributed by atoms with Gasteiger partial charge in [-0.2, -0.15) is 0 Å².